The molecule has 0 N–H and O–H groups in total. The van der Waals surface area contributed by atoms with E-state index in [4.69, 9.17) is 13.8 Å². The number of para-hydroxylation sites is 1. The first kappa shape index (κ1) is 34.3. The zero-order valence-corrected chi connectivity index (χ0v) is 33.1. The van der Waals surface area contributed by atoms with Crippen LogP contribution in [0.25, 0.3) is 98.0 Å². The Morgan fingerprint density at radius 3 is 1.63 bits per heavy atom. The molecule has 4 nitrogen and oxygen atoms in total. The van der Waals surface area contributed by atoms with Crippen LogP contribution in [0.15, 0.2) is 215 Å². The molecule has 0 saturated carbocycles. The van der Waals surface area contributed by atoms with Crippen LogP contribution in [0.1, 0.15) is 0 Å². The van der Waals surface area contributed by atoms with Gasteiger partial charge < -0.3 is 13.7 Å². The minimum atomic E-state index is 0.602. The Bertz CT molecular complexity index is 3510. The maximum absolute atomic E-state index is 6.63. The molecule has 0 atom stereocenters. The summed E-state index contributed by atoms with van der Waals surface area (Å²) in [6.45, 7) is 0. The van der Waals surface area contributed by atoms with E-state index < -0.39 is 0 Å². The third-order valence-corrected chi connectivity index (χ3v) is 12.8. The number of anilines is 3. The number of furan rings is 1. The minimum Gasteiger partial charge on any atom is -0.455 e. The Morgan fingerprint density at radius 1 is 0.383 bits per heavy atom. The summed E-state index contributed by atoms with van der Waals surface area (Å²) in [5, 5.41) is 4.66. The molecule has 0 aliphatic carbocycles. The maximum atomic E-state index is 6.63. The van der Waals surface area contributed by atoms with Crippen molar-refractivity contribution < 1.29 is 8.83 Å². The van der Waals surface area contributed by atoms with E-state index in [0.29, 0.717) is 5.89 Å². The van der Waals surface area contributed by atoms with Gasteiger partial charge in [0.15, 0.2) is 5.58 Å². The molecule has 0 spiro atoms. The zero-order chi connectivity index (χ0) is 39.6. The van der Waals surface area contributed by atoms with Gasteiger partial charge in [0.05, 0.1) is 0 Å². The molecule has 0 amide bonds. The van der Waals surface area contributed by atoms with Gasteiger partial charge in [0, 0.05) is 65.2 Å². The van der Waals surface area contributed by atoms with Gasteiger partial charge in [-0.15, -0.1) is 11.3 Å². The normalized spacial score (nSPS) is 11.7. The van der Waals surface area contributed by atoms with E-state index in [0.717, 1.165) is 66.8 Å². The fraction of sp³-hybridized carbons (Fsp3) is 0. The summed E-state index contributed by atoms with van der Waals surface area (Å²) >= 11 is 1.86. The van der Waals surface area contributed by atoms with Crippen LogP contribution in [0.2, 0.25) is 0 Å². The lowest BCUT2D eigenvalue weighted by Crippen LogP contribution is -2.09. The highest BCUT2D eigenvalue weighted by Gasteiger charge is 2.19. The highest BCUT2D eigenvalue weighted by atomic mass is 32.1. The summed E-state index contributed by atoms with van der Waals surface area (Å²) < 4.78 is 15.5. The van der Waals surface area contributed by atoms with Gasteiger partial charge in [-0.25, -0.2) is 4.98 Å². The number of fused-ring (bicyclic) bond motifs is 7. The Kier molecular flexibility index (Phi) is 8.00. The van der Waals surface area contributed by atoms with Gasteiger partial charge in [-0.05, 0) is 88.5 Å². The number of hydrogen-bond acceptors (Lipinski definition) is 5. The second-order valence-electron chi connectivity index (χ2n) is 15.1. The van der Waals surface area contributed by atoms with Crippen molar-refractivity contribution in [2.24, 2.45) is 0 Å². The Labute approximate surface area is 349 Å². The SMILES string of the molecule is c1ccc(-c2ccc(N(c3ccc(-c4cccc5c4oc4cc6nc(-c7ccccc7)oc6cc45)cc3)c3ccc(-c4cccc5c4sc4ccccc45)cc3)cc2)cc1. The first-order valence-electron chi connectivity index (χ1n) is 20.1. The van der Waals surface area contributed by atoms with Crippen LogP contribution in [0.3, 0.4) is 0 Å². The molecule has 0 saturated heterocycles. The summed E-state index contributed by atoms with van der Waals surface area (Å²) in [6.07, 6.45) is 0. The van der Waals surface area contributed by atoms with Crippen molar-refractivity contribution in [3.8, 4) is 44.8 Å². The molecular formula is C55H34N2O2S. The molecule has 5 heteroatoms. The van der Waals surface area contributed by atoms with Crippen molar-refractivity contribution in [1.29, 1.82) is 0 Å². The monoisotopic (exact) mass is 786 g/mol. The van der Waals surface area contributed by atoms with Crippen LogP contribution in [0.4, 0.5) is 17.1 Å². The third kappa shape index (κ3) is 5.78. The molecule has 0 aliphatic rings. The van der Waals surface area contributed by atoms with Crippen LogP contribution >= 0.6 is 11.3 Å². The van der Waals surface area contributed by atoms with E-state index in [1.165, 1.54) is 42.4 Å². The van der Waals surface area contributed by atoms with E-state index in [2.05, 4.69) is 175 Å². The molecule has 0 radical (unpaired) electrons. The van der Waals surface area contributed by atoms with Gasteiger partial charge >= 0.3 is 0 Å². The van der Waals surface area contributed by atoms with Gasteiger partial charge in [0.25, 0.3) is 0 Å². The van der Waals surface area contributed by atoms with Crippen LogP contribution in [-0.2, 0) is 0 Å². The van der Waals surface area contributed by atoms with Crippen molar-refractivity contribution in [1.82, 2.24) is 4.98 Å². The number of benzene rings is 9. The third-order valence-electron chi connectivity index (χ3n) is 11.5. The summed E-state index contributed by atoms with van der Waals surface area (Å²) in [7, 11) is 0. The van der Waals surface area contributed by atoms with Gasteiger partial charge in [-0.2, -0.15) is 0 Å². The first-order chi connectivity index (χ1) is 29.7. The zero-order valence-electron chi connectivity index (χ0n) is 32.2. The second-order valence-corrected chi connectivity index (χ2v) is 16.2. The maximum Gasteiger partial charge on any atom is 0.227 e. The molecule has 12 rings (SSSR count). The predicted octanol–water partition coefficient (Wildman–Crippen LogP) is 16.2. The van der Waals surface area contributed by atoms with Crippen molar-refractivity contribution in [3.05, 3.63) is 206 Å². The molecule has 60 heavy (non-hydrogen) atoms. The lowest BCUT2D eigenvalue weighted by atomic mass is 10.0. The number of oxazole rings is 1. The molecule has 0 bridgehead atoms. The quantitative estimate of drug-likeness (QED) is 0.161. The van der Waals surface area contributed by atoms with Crippen molar-refractivity contribution >= 4 is 81.6 Å². The summed E-state index contributed by atoms with van der Waals surface area (Å²) in [6, 6.07) is 72.9. The number of thiophene rings is 1. The highest BCUT2D eigenvalue weighted by Crippen LogP contribution is 2.43. The lowest BCUT2D eigenvalue weighted by molar-refractivity contribution is 0.620. The fourth-order valence-electron chi connectivity index (χ4n) is 8.59. The smallest absolute Gasteiger partial charge is 0.227 e. The van der Waals surface area contributed by atoms with E-state index in [-0.39, 0.29) is 0 Å². The van der Waals surface area contributed by atoms with E-state index in [1.54, 1.807) is 0 Å². The summed E-state index contributed by atoms with van der Waals surface area (Å²) in [5.41, 5.74) is 14.2. The van der Waals surface area contributed by atoms with Crippen LogP contribution in [0, 0.1) is 0 Å². The van der Waals surface area contributed by atoms with Gasteiger partial charge in [-0.1, -0.05) is 140 Å². The molecule has 3 heterocycles. The topological polar surface area (TPSA) is 42.4 Å². The molecule has 12 aromatic rings. The summed E-state index contributed by atoms with van der Waals surface area (Å²) in [4.78, 5) is 7.12. The average Bonchev–Trinajstić information content (AvgIpc) is 4.03. The molecule has 282 valence electrons. The van der Waals surface area contributed by atoms with Crippen molar-refractivity contribution in [2.45, 2.75) is 0 Å². The molecular weight excluding hydrogens is 753 g/mol. The average molecular weight is 787 g/mol. The van der Waals surface area contributed by atoms with E-state index >= 15 is 0 Å². The molecule has 0 aliphatic heterocycles. The standard InChI is InChI=1S/C55H34N2O2S/c1-3-11-35(12-4-1)36-21-27-40(28-22-36)57(42-31-25-38(26-32-42)44-17-10-19-47-45-15-7-8-20-52(45)60-54(44)47)41-29-23-37(24-30-41)43-16-9-18-46-48-33-51-49(34-50(48)58-53(43)46)56-55(59-51)39-13-5-2-6-14-39/h1-34H. The Morgan fingerprint density at radius 2 is 0.933 bits per heavy atom. The van der Waals surface area contributed by atoms with Crippen molar-refractivity contribution in [3.63, 3.8) is 0 Å². The number of nitrogens with zero attached hydrogens (tertiary/aromatic N) is 2. The fourth-order valence-corrected chi connectivity index (χ4v) is 9.82. The van der Waals surface area contributed by atoms with Crippen LogP contribution < -0.4 is 4.90 Å². The molecule has 3 aromatic heterocycles. The first-order valence-corrected chi connectivity index (χ1v) is 20.9. The van der Waals surface area contributed by atoms with Gasteiger partial charge in [0.2, 0.25) is 5.89 Å². The Balaban J connectivity index is 0.921. The van der Waals surface area contributed by atoms with Crippen LogP contribution in [-0.4, -0.2) is 4.98 Å². The minimum absolute atomic E-state index is 0.602. The largest absolute Gasteiger partial charge is 0.455 e. The molecule has 9 aromatic carbocycles. The highest BCUT2D eigenvalue weighted by molar-refractivity contribution is 7.26. The molecule has 0 unspecified atom stereocenters. The number of hydrogen-bond donors (Lipinski definition) is 0. The van der Waals surface area contributed by atoms with E-state index in [9.17, 15) is 0 Å². The number of aromatic nitrogens is 1. The molecule has 0 fully saturated rings. The van der Waals surface area contributed by atoms with Crippen LogP contribution in [0.5, 0.6) is 0 Å². The number of rotatable bonds is 7. The van der Waals surface area contributed by atoms with Gasteiger partial charge in [-0.3, -0.25) is 0 Å². The Hall–Kier alpha value is -7.73. The van der Waals surface area contributed by atoms with Gasteiger partial charge in [0.1, 0.15) is 16.7 Å². The van der Waals surface area contributed by atoms with E-state index in [1.807, 2.05) is 47.7 Å². The predicted molar refractivity (Wildman–Crippen MR) is 251 cm³/mol. The lowest BCUT2D eigenvalue weighted by Gasteiger charge is -2.26. The van der Waals surface area contributed by atoms with Crippen molar-refractivity contribution in [2.75, 3.05) is 4.90 Å². The second kappa shape index (κ2) is 14.0. The summed E-state index contributed by atoms with van der Waals surface area (Å²) in [5.74, 6) is 0.602.